The van der Waals surface area contributed by atoms with E-state index in [2.05, 4.69) is 29.0 Å². The van der Waals surface area contributed by atoms with E-state index in [0.29, 0.717) is 37.6 Å². The van der Waals surface area contributed by atoms with E-state index >= 15 is 0 Å². The molecule has 0 aliphatic carbocycles. The molecule has 0 radical (unpaired) electrons. The molecule has 0 aromatic heterocycles. The second-order valence-corrected chi connectivity index (χ2v) is 7.88. The van der Waals surface area contributed by atoms with Crippen molar-refractivity contribution in [3.63, 3.8) is 0 Å². The van der Waals surface area contributed by atoms with E-state index in [4.69, 9.17) is 14.6 Å². The van der Waals surface area contributed by atoms with Crippen LogP contribution in [0, 0.1) is 0 Å². The Bertz CT molecular complexity index is 896. The van der Waals surface area contributed by atoms with Crippen molar-refractivity contribution in [3.8, 4) is 5.75 Å². The number of aliphatic hydroxyl groups excluding tert-OH is 1. The SMILES string of the molecule is C=CC[C@]1(C(=O)NCCCCc2ccccc2)COC(c2ccc(OCCCO)cc2)=N1. The molecule has 1 atom stereocenters. The lowest BCUT2D eigenvalue weighted by molar-refractivity contribution is -0.126. The number of rotatable bonds is 13. The minimum Gasteiger partial charge on any atom is -0.494 e. The van der Waals surface area contributed by atoms with Crippen molar-refractivity contribution >= 4 is 11.8 Å². The van der Waals surface area contributed by atoms with Gasteiger partial charge in [0.25, 0.3) is 5.91 Å². The average Bonchev–Trinajstić information content (AvgIpc) is 3.26. The summed E-state index contributed by atoms with van der Waals surface area (Å²) in [6.45, 7) is 5.16. The van der Waals surface area contributed by atoms with Crippen LogP contribution in [0.1, 0.15) is 36.8 Å². The zero-order chi connectivity index (χ0) is 22.7. The molecule has 1 aliphatic heterocycles. The third-order valence-corrected chi connectivity index (χ3v) is 5.36. The van der Waals surface area contributed by atoms with Crippen molar-refractivity contribution in [1.82, 2.24) is 5.32 Å². The largest absolute Gasteiger partial charge is 0.494 e. The van der Waals surface area contributed by atoms with Gasteiger partial charge in [0.05, 0.1) is 6.61 Å². The van der Waals surface area contributed by atoms with E-state index < -0.39 is 5.54 Å². The zero-order valence-corrected chi connectivity index (χ0v) is 18.5. The fourth-order valence-electron chi connectivity index (χ4n) is 3.56. The van der Waals surface area contributed by atoms with Gasteiger partial charge < -0.3 is 19.9 Å². The van der Waals surface area contributed by atoms with Gasteiger partial charge >= 0.3 is 0 Å². The Kier molecular flexibility index (Phi) is 8.87. The molecule has 2 N–H and O–H groups in total. The monoisotopic (exact) mass is 436 g/mol. The van der Waals surface area contributed by atoms with Crippen LogP contribution in [0.25, 0.3) is 0 Å². The lowest BCUT2D eigenvalue weighted by Crippen LogP contribution is -2.46. The van der Waals surface area contributed by atoms with E-state index in [9.17, 15) is 4.79 Å². The van der Waals surface area contributed by atoms with Crippen LogP contribution in [-0.4, -0.2) is 48.8 Å². The van der Waals surface area contributed by atoms with Gasteiger partial charge in [-0.15, -0.1) is 6.58 Å². The van der Waals surface area contributed by atoms with Crippen molar-refractivity contribution in [2.75, 3.05) is 26.4 Å². The standard InChI is InChI=1S/C26H32N2O4/c1-2-16-26(25(30)27-17-7-6-11-21-9-4-3-5-10-21)20-32-24(28-26)22-12-14-23(15-13-22)31-19-8-18-29/h2-5,9-10,12-15,29H,1,6-8,11,16-20H2,(H,27,30)/t26-/m1/s1. The molecule has 3 rings (SSSR count). The van der Waals surface area contributed by atoms with Crippen LogP contribution >= 0.6 is 0 Å². The van der Waals surface area contributed by atoms with E-state index in [-0.39, 0.29) is 19.1 Å². The minimum atomic E-state index is -0.979. The third-order valence-electron chi connectivity index (χ3n) is 5.36. The van der Waals surface area contributed by atoms with Crippen LogP contribution in [0.15, 0.2) is 72.2 Å². The Morgan fingerprint density at radius 2 is 1.94 bits per heavy atom. The van der Waals surface area contributed by atoms with E-state index in [0.717, 1.165) is 24.8 Å². The molecule has 0 saturated heterocycles. The Hall–Kier alpha value is -3.12. The number of hydrogen-bond acceptors (Lipinski definition) is 5. The van der Waals surface area contributed by atoms with Gasteiger partial charge in [-0.25, -0.2) is 4.99 Å². The molecule has 32 heavy (non-hydrogen) atoms. The minimum absolute atomic E-state index is 0.100. The fraction of sp³-hybridized carbons (Fsp3) is 0.385. The summed E-state index contributed by atoms with van der Waals surface area (Å²) in [5.41, 5.74) is 1.12. The van der Waals surface area contributed by atoms with Crippen LogP contribution in [0.3, 0.4) is 0 Å². The van der Waals surface area contributed by atoms with Gasteiger partial charge in [0.1, 0.15) is 12.4 Å². The van der Waals surface area contributed by atoms with E-state index in [1.165, 1.54) is 5.56 Å². The number of unbranched alkanes of at least 4 members (excludes halogenated alkanes) is 1. The maximum absolute atomic E-state index is 13.0. The Morgan fingerprint density at radius 1 is 1.16 bits per heavy atom. The van der Waals surface area contributed by atoms with Crippen LogP contribution in [-0.2, 0) is 16.0 Å². The number of aliphatic imine (C=N–C) groups is 1. The number of hydrogen-bond donors (Lipinski definition) is 2. The van der Waals surface area contributed by atoms with Crippen molar-refractivity contribution in [1.29, 1.82) is 0 Å². The average molecular weight is 437 g/mol. The highest BCUT2D eigenvalue weighted by Gasteiger charge is 2.43. The topological polar surface area (TPSA) is 80.2 Å². The predicted molar refractivity (Wildman–Crippen MR) is 126 cm³/mol. The number of nitrogens with one attached hydrogen (secondary N) is 1. The quantitative estimate of drug-likeness (QED) is 0.371. The van der Waals surface area contributed by atoms with Crippen molar-refractivity contribution in [2.45, 2.75) is 37.6 Å². The number of nitrogens with zero attached hydrogens (tertiary/aromatic N) is 1. The third kappa shape index (κ3) is 6.44. The summed E-state index contributed by atoms with van der Waals surface area (Å²) in [7, 11) is 0. The van der Waals surface area contributed by atoms with Crippen molar-refractivity contribution in [3.05, 3.63) is 78.4 Å². The summed E-state index contributed by atoms with van der Waals surface area (Å²) >= 11 is 0. The first-order chi connectivity index (χ1) is 15.7. The van der Waals surface area contributed by atoms with Crippen molar-refractivity contribution in [2.24, 2.45) is 4.99 Å². The first kappa shape index (κ1) is 23.5. The number of aryl methyl sites for hydroxylation is 1. The fourth-order valence-corrected chi connectivity index (χ4v) is 3.56. The highest BCUT2D eigenvalue weighted by molar-refractivity contribution is 6.00. The zero-order valence-electron chi connectivity index (χ0n) is 18.5. The van der Waals surface area contributed by atoms with Gasteiger partial charge in [0.15, 0.2) is 5.54 Å². The summed E-state index contributed by atoms with van der Waals surface area (Å²) in [6, 6.07) is 17.7. The van der Waals surface area contributed by atoms with E-state index in [1.54, 1.807) is 6.08 Å². The normalized spacial score (nSPS) is 17.3. The molecule has 0 bridgehead atoms. The van der Waals surface area contributed by atoms with Gasteiger partial charge in [-0.05, 0) is 49.1 Å². The molecule has 0 spiro atoms. The van der Waals surface area contributed by atoms with Gasteiger partial charge in [-0.2, -0.15) is 0 Å². The number of aliphatic hydroxyl groups is 1. The number of ether oxygens (including phenoxy) is 2. The smallest absolute Gasteiger partial charge is 0.251 e. The molecule has 2 aromatic rings. The second kappa shape index (κ2) is 12.1. The van der Waals surface area contributed by atoms with E-state index in [1.807, 2.05) is 42.5 Å². The van der Waals surface area contributed by atoms with Crippen LogP contribution in [0.5, 0.6) is 5.75 Å². The number of amides is 1. The molecule has 0 saturated carbocycles. The summed E-state index contributed by atoms with van der Waals surface area (Å²) < 4.78 is 11.4. The van der Waals surface area contributed by atoms with Crippen molar-refractivity contribution < 1.29 is 19.4 Å². The molecule has 6 heteroatoms. The maximum atomic E-state index is 13.0. The molecule has 1 heterocycles. The number of benzene rings is 2. The predicted octanol–water partition coefficient (Wildman–Crippen LogP) is 3.68. The molecule has 1 amide bonds. The van der Waals surface area contributed by atoms with Gasteiger partial charge in [0, 0.05) is 31.6 Å². The molecule has 6 nitrogen and oxygen atoms in total. The second-order valence-electron chi connectivity index (χ2n) is 7.88. The first-order valence-electron chi connectivity index (χ1n) is 11.2. The molecule has 0 unspecified atom stereocenters. The molecule has 2 aromatic carbocycles. The maximum Gasteiger partial charge on any atom is 0.251 e. The summed E-state index contributed by atoms with van der Waals surface area (Å²) in [4.78, 5) is 17.6. The Labute approximate surface area is 190 Å². The summed E-state index contributed by atoms with van der Waals surface area (Å²) in [6.07, 6.45) is 5.62. The van der Waals surface area contributed by atoms with Crippen LogP contribution in [0.4, 0.5) is 0 Å². The number of carbonyl (C=O) groups excluding carboxylic acids is 1. The first-order valence-corrected chi connectivity index (χ1v) is 11.2. The lowest BCUT2D eigenvalue weighted by atomic mass is 9.96. The Balaban J connectivity index is 1.54. The Morgan fingerprint density at radius 3 is 2.66 bits per heavy atom. The molecule has 170 valence electrons. The van der Waals surface area contributed by atoms with Crippen LogP contribution < -0.4 is 10.1 Å². The van der Waals surface area contributed by atoms with Gasteiger partial charge in [0.2, 0.25) is 5.90 Å². The highest BCUT2D eigenvalue weighted by atomic mass is 16.5. The lowest BCUT2D eigenvalue weighted by Gasteiger charge is -2.21. The highest BCUT2D eigenvalue weighted by Crippen LogP contribution is 2.27. The number of carbonyl (C=O) groups is 1. The van der Waals surface area contributed by atoms with Gasteiger partial charge in [-0.1, -0.05) is 36.4 Å². The van der Waals surface area contributed by atoms with Crippen LogP contribution in [0.2, 0.25) is 0 Å². The van der Waals surface area contributed by atoms with Gasteiger partial charge in [-0.3, -0.25) is 4.79 Å². The summed E-state index contributed by atoms with van der Waals surface area (Å²) in [5.74, 6) is 1.04. The molecule has 1 aliphatic rings. The molecular formula is C26H32N2O4. The summed E-state index contributed by atoms with van der Waals surface area (Å²) in [5, 5.41) is 11.9. The molecular weight excluding hydrogens is 404 g/mol. The molecule has 0 fully saturated rings.